The van der Waals surface area contributed by atoms with Crippen molar-refractivity contribution >= 4 is 21.7 Å². The zero-order valence-corrected chi connectivity index (χ0v) is 17.9. The lowest BCUT2D eigenvalue weighted by atomic mass is 10.3. The summed E-state index contributed by atoms with van der Waals surface area (Å²) in [5.41, 5.74) is 0. The van der Waals surface area contributed by atoms with E-state index < -0.39 is 10.0 Å². The van der Waals surface area contributed by atoms with Gasteiger partial charge in [0.25, 0.3) is 0 Å². The first-order chi connectivity index (χ1) is 14.6. The quantitative estimate of drug-likeness (QED) is 0.672. The Kier molecular flexibility index (Phi) is 6.35. The fourth-order valence-electron chi connectivity index (χ4n) is 3.63. The number of hydrogen-bond donors (Lipinski definition) is 0. The highest BCUT2D eigenvalue weighted by molar-refractivity contribution is 7.89. The van der Waals surface area contributed by atoms with Gasteiger partial charge in [0.15, 0.2) is 11.6 Å². The molecule has 4 rings (SSSR count). The molecule has 0 N–H and O–H groups in total. The van der Waals surface area contributed by atoms with Crippen LogP contribution < -0.4 is 14.5 Å². The van der Waals surface area contributed by atoms with Gasteiger partial charge in [0.2, 0.25) is 10.0 Å². The van der Waals surface area contributed by atoms with Crippen molar-refractivity contribution in [3.8, 4) is 5.75 Å². The fourth-order valence-corrected chi connectivity index (χ4v) is 5.05. The molecular weight excluding hydrogens is 406 g/mol. The third-order valence-corrected chi connectivity index (χ3v) is 7.22. The smallest absolute Gasteiger partial charge is 0.243 e. The lowest BCUT2D eigenvalue weighted by Crippen LogP contribution is -2.49. The van der Waals surface area contributed by atoms with E-state index in [2.05, 4.69) is 20.0 Å². The first kappa shape index (κ1) is 20.8. The van der Waals surface area contributed by atoms with Crippen molar-refractivity contribution in [1.82, 2.24) is 14.5 Å². The third-order valence-electron chi connectivity index (χ3n) is 5.31. The maximum absolute atomic E-state index is 12.9. The van der Waals surface area contributed by atoms with Gasteiger partial charge in [-0.15, -0.1) is 10.2 Å². The Morgan fingerprint density at radius 2 is 1.43 bits per heavy atom. The van der Waals surface area contributed by atoms with Crippen LogP contribution in [0.15, 0.2) is 41.3 Å². The standard InChI is InChI=1S/C20H27N5O4S/c1-2-29-17-3-5-18(6-4-17)30(26,27)25-11-9-23(10-12-25)19-7-8-20(22-21-19)24-13-15-28-16-14-24/h3-8H,2,9-16H2,1H3. The number of hydrogen-bond acceptors (Lipinski definition) is 8. The molecule has 0 atom stereocenters. The first-order valence-corrected chi connectivity index (χ1v) is 11.7. The number of benzene rings is 1. The normalized spacial score (nSPS) is 18.4. The van der Waals surface area contributed by atoms with Crippen molar-refractivity contribution in [3.05, 3.63) is 36.4 Å². The summed E-state index contributed by atoms with van der Waals surface area (Å²) in [6, 6.07) is 10.5. The van der Waals surface area contributed by atoms with E-state index >= 15 is 0 Å². The summed E-state index contributed by atoms with van der Waals surface area (Å²) >= 11 is 0. The topological polar surface area (TPSA) is 88.1 Å². The largest absolute Gasteiger partial charge is 0.494 e. The molecule has 0 bridgehead atoms. The predicted octanol–water partition coefficient (Wildman–Crippen LogP) is 1.22. The molecule has 0 saturated carbocycles. The van der Waals surface area contributed by atoms with Crippen LogP contribution in [0.5, 0.6) is 5.75 Å². The van der Waals surface area contributed by atoms with Crippen molar-refractivity contribution < 1.29 is 17.9 Å². The molecule has 2 fully saturated rings. The molecule has 2 aliphatic rings. The molecule has 1 aromatic heterocycles. The zero-order chi connectivity index (χ0) is 21.0. The summed E-state index contributed by atoms with van der Waals surface area (Å²) in [4.78, 5) is 4.51. The number of rotatable bonds is 6. The van der Waals surface area contributed by atoms with Crippen LogP contribution in [-0.4, -0.2) is 82.0 Å². The number of aromatic nitrogens is 2. The Labute approximate surface area is 177 Å². The Balaban J connectivity index is 1.37. The van der Waals surface area contributed by atoms with E-state index in [1.807, 2.05) is 19.1 Å². The Morgan fingerprint density at radius 1 is 0.867 bits per heavy atom. The average Bonchev–Trinajstić information content (AvgIpc) is 2.80. The van der Waals surface area contributed by atoms with E-state index in [0.717, 1.165) is 24.7 Å². The number of ether oxygens (including phenoxy) is 2. The summed E-state index contributed by atoms with van der Waals surface area (Å²) in [5, 5.41) is 8.71. The van der Waals surface area contributed by atoms with Crippen LogP contribution in [0.25, 0.3) is 0 Å². The molecule has 2 saturated heterocycles. The van der Waals surface area contributed by atoms with Crippen molar-refractivity contribution in [2.45, 2.75) is 11.8 Å². The molecule has 0 unspecified atom stereocenters. The summed E-state index contributed by atoms with van der Waals surface area (Å²) in [6.45, 7) is 7.43. The molecule has 162 valence electrons. The Hall–Kier alpha value is -2.43. The summed E-state index contributed by atoms with van der Waals surface area (Å²) in [5.74, 6) is 2.28. The van der Waals surface area contributed by atoms with Gasteiger partial charge in [-0.25, -0.2) is 8.42 Å². The van der Waals surface area contributed by atoms with E-state index in [1.54, 1.807) is 24.3 Å². The number of piperazine rings is 1. The second-order valence-corrected chi connectivity index (χ2v) is 9.08. The van der Waals surface area contributed by atoms with E-state index in [9.17, 15) is 8.42 Å². The van der Waals surface area contributed by atoms with Gasteiger partial charge in [0.05, 0.1) is 24.7 Å². The number of sulfonamides is 1. The molecule has 3 heterocycles. The highest BCUT2D eigenvalue weighted by atomic mass is 32.2. The zero-order valence-electron chi connectivity index (χ0n) is 17.1. The summed E-state index contributed by atoms with van der Waals surface area (Å²) in [6.07, 6.45) is 0. The molecule has 0 aliphatic carbocycles. The van der Waals surface area contributed by atoms with Gasteiger partial charge in [-0.2, -0.15) is 4.31 Å². The maximum Gasteiger partial charge on any atom is 0.243 e. The maximum atomic E-state index is 12.9. The van der Waals surface area contributed by atoms with Crippen LogP contribution in [-0.2, 0) is 14.8 Å². The molecule has 1 aromatic carbocycles. The molecule has 30 heavy (non-hydrogen) atoms. The number of anilines is 2. The predicted molar refractivity (Wildman–Crippen MR) is 114 cm³/mol. The van der Waals surface area contributed by atoms with Crippen LogP contribution in [0.4, 0.5) is 11.6 Å². The SMILES string of the molecule is CCOc1ccc(S(=O)(=O)N2CCN(c3ccc(N4CCOCC4)nn3)CC2)cc1. The first-order valence-electron chi connectivity index (χ1n) is 10.2. The minimum atomic E-state index is -3.52. The molecule has 2 aromatic rings. The Morgan fingerprint density at radius 3 is 1.97 bits per heavy atom. The molecule has 9 nitrogen and oxygen atoms in total. The molecule has 0 amide bonds. The highest BCUT2D eigenvalue weighted by Gasteiger charge is 2.29. The highest BCUT2D eigenvalue weighted by Crippen LogP contribution is 2.23. The lowest BCUT2D eigenvalue weighted by Gasteiger charge is -2.34. The van der Waals surface area contributed by atoms with Crippen LogP contribution >= 0.6 is 0 Å². The van der Waals surface area contributed by atoms with Crippen LogP contribution in [0.1, 0.15) is 6.92 Å². The monoisotopic (exact) mass is 433 g/mol. The van der Waals surface area contributed by atoms with Crippen molar-refractivity contribution in [2.75, 3.05) is 68.9 Å². The summed E-state index contributed by atoms with van der Waals surface area (Å²) in [7, 11) is -3.52. The molecule has 0 spiro atoms. The molecule has 2 aliphatic heterocycles. The van der Waals surface area contributed by atoms with Gasteiger partial charge in [0.1, 0.15) is 5.75 Å². The second kappa shape index (κ2) is 9.15. The van der Waals surface area contributed by atoms with Crippen LogP contribution in [0.3, 0.4) is 0 Å². The van der Waals surface area contributed by atoms with E-state index in [4.69, 9.17) is 9.47 Å². The van der Waals surface area contributed by atoms with E-state index in [1.165, 1.54) is 4.31 Å². The minimum absolute atomic E-state index is 0.286. The lowest BCUT2D eigenvalue weighted by molar-refractivity contribution is 0.122. The molecule has 10 heteroatoms. The molecule has 0 radical (unpaired) electrons. The van der Waals surface area contributed by atoms with E-state index in [-0.39, 0.29) is 4.90 Å². The summed E-state index contributed by atoms with van der Waals surface area (Å²) < 4.78 is 38.2. The van der Waals surface area contributed by atoms with Gasteiger partial charge >= 0.3 is 0 Å². The van der Waals surface area contributed by atoms with Gasteiger partial charge in [0, 0.05) is 39.3 Å². The van der Waals surface area contributed by atoms with Gasteiger partial charge in [-0.05, 0) is 43.3 Å². The van der Waals surface area contributed by atoms with Crippen LogP contribution in [0.2, 0.25) is 0 Å². The van der Waals surface area contributed by atoms with Crippen molar-refractivity contribution in [3.63, 3.8) is 0 Å². The third kappa shape index (κ3) is 4.50. The van der Waals surface area contributed by atoms with Crippen LogP contribution in [0, 0.1) is 0 Å². The average molecular weight is 434 g/mol. The molecular formula is C20H27N5O4S. The van der Waals surface area contributed by atoms with E-state index in [0.29, 0.717) is 51.7 Å². The number of morpholine rings is 1. The van der Waals surface area contributed by atoms with Crippen molar-refractivity contribution in [2.24, 2.45) is 0 Å². The number of nitrogens with zero attached hydrogens (tertiary/aromatic N) is 5. The minimum Gasteiger partial charge on any atom is -0.494 e. The van der Waals surface area contributed by atoms with Gasteiger partial charge in [-0.1, -0.05) is 0 Å². The second-order valence-electron chi connectivity index (χ2n) is 7.14. The Bertz CT molecular complexity index is 923. The van der Waals surface area contributed by atoms with Gasteiger partial charge < -0.3 is 19.3 Å². The van der Waals surface area contributed by atoms with Crippen molar-refractivity contribution in [1.29, 1.82) is 0 Å². The fraction of sp³-hybridized carbons (Fsp3) is 0.500. The van der Waals surface area contributed by atoms with Gasteiger partial charge in [-0.3, -0.25) is 0 Å².